The molecule has 1 aromatic carbocycles. The summed E-state index contributed by atoms with van der Waals surface area (Å²) in [6, 6.07) is -2.00. The second-order valence-electron chi connectivity index (χ2n) is 4.45. The molecule has 0 aliphatic carbocycles. The van der Waals surface area contributed by atoms with Crippen LogP contribution in [0.15, 0.2) is 6.07 Å². The first-order chi connectivity index (χ1) is 9.43. The molecule has 2 rings (SSSR count). The maximum Gasteiger partial charge on any atom is 0.258 e. The number of rotatable bonds is 3. The van der Waals surface area contributed by atoms with Crippen molar-refractivity contribution in [2.75, 3.05) is 26.2 Å². The van der Waals surface area contributed by atoms with Crippen LogP contribution in [0.5, 0.6) is 0 Å². The quantitative estimate of drug-likeness (QED) is 0.648. The minimum absolute atomic E-state index is 0. The molecule has 1 saturated heterocycles. The molecule has 1 aromatic rings. The van der Waals surface area contributed by atoms with E-state index < -0.39 is 41.3 Å². The first-order valence-corrected chi connectivity index (χ1v) is 5.99. The molecule has 0 radical (unpaired) electrons. The van der Waals surface area contributed by atoms with Crippen LogP contribution < -0.4 is 5.32 Å². The van der Waals surface area contributed by atoms with Crippen molar-refractivity contribution in [2.24, 2.45) is 0 Å². The highest BCUT2D eigenvalue weighted by Crippen LogP contribution is 2.33. The van der Waals surface area contributed by atoms with Gasteiger partial charge in [-0.1, -0.05) is 0 Å². The molecular formula is C12H14Cl2F6N2. The fraction of sp³-hybridized carbons (Fsp3) is 0.500. The molecule has 0 amide bonds. The summed E-state index contributed by atoms with van der Waals surface area (Å²) < 4.78 is 79.9. The Morgan fingerprint density at radius 2 is 1.36 bits per heavy atom. The van der Waals surface area contributed by atoms with Gasteiger partial charge in [0.05, 0.1) is 5.56 Å². The second-order valence-corrected chi connectivity index (χ2v) is 4.45. The first kappa shape index (κ1) is 21.3. The van der Waals surface area contributed by atoms with E-state index in [-0.39, 0.29) is 44.0 Å². The summed E-state index contributed by atoms with van der Waals surface area (Å²) in [5.41, 5.74) is -1.25. The van der Waals surface area contributed by atoms with Gasteiger partial charge in [-0.2, -0.15) is 0 Å². The lowest BCUT2D eigenvalue weighted by atomic mass is 10.0. The maximum atomic E-state index is 13.7. The Morgan fingerprint density at radius 1 is 0.909 bits per heavy atom. The van der Waals surface area contributed by atoms with Gasteiger partial charge in [-0.25, -0.2) is 26.3 Å². The van der Waals surface area contributed by atoms with E-state index in [0.717, 1.165) is 4.90 Å². The van der Waals surface area contributed by atoms with E-state index in [0.29, 0.717) is 13.1 Å². The SMILES string of the molecule is Cl.Cl.Fc1cc(F)c(F)c([C@@H](C(F)F)N2CCNCC2)c1F. The van der Waals surface area contributed by atoms with Gasteiger partial charge >= 0.3 is 0 Å². The number of hydrogen-bond donors (Lipinski definition) is 1. The minimum Gasteiger partial charge on any atom is -0.314 e. The number of benzene rings is 1. The summed E-state index contributed by atoms with van der Waals surface area (Å²) in [6.45, 7) is 0.909. The van der Waals surface area contributed by atoms with Crippen LogP contribution in [0, 0.1) is 23.3 Å². The van der Waals surface area contributed by atoms with E-state index in [2.05, 4.69) is 5.32 Å². The predicted octanol–water partition coefficient (Wildman–Crippen LogP) is 3.30. The van der Waals surface area contributed by atoms with Gasteiger partial charge in [-0.05, 0) is 0 Å². The molecule has 0 bridgehead atoms. The molecule has 10 heteroatoms. The van der Waals surface area contributed by atoms with E-state index >= 15 is 0 Å². The van der Waals surface area contributed by atoms with Crippen LogP contribution in [0.25, 0.3) is 0 Å². The highest BCUT2D eigenvalue weighted by atomic mass is 35.5. The van der Waals surface area contributed by atoms with Crippen LogP contribution in [-0.2, 0) is 0 Å². The van der Waals surface area contributed by atoms with Crippen LogP contribution in [0.4, 0.5) is 26.3 Å². The van der Waals surface area contributed by atoms with Crippen molar-refractivity contribution < 1.29 is 26.3 Å². The smallest absolute Gasteiger partial charge is 0.258 e. The topological polar surface area (TPSA) is 15.3 Å². The van der Waals surface area contributed by atoms with Crippen molar-refractivity contribution in [3.05, 3.63) is 34.9 Å². The molecule has 0 unspecified atom stereocenters. The summed E-state index contributed by atoms with van der Waals surface area (Å²) in [6.07, 6.45) is -3.17. The highest BCUT2D eigenvalue weighted by Gasteiger charge is 2.36. The Hall–Kier alpha value is -0.700. The highest BCUT2D eigenvalue weighted by molar-refractivity contribution is 5.85. The molecule has 0 saturated carbocycles. The second kappa shape index (κ2) is 8.81. The van der Waals surface area contributed by atoms with Crippen LogP contribution in [0.3, 0.4) is 0 Å². The van der Waals surface area contributed by atoms with Crippen molar-refractivity contribution >= 4 is 24.8 Å². The van der Waals surface area contributed by atoms with Crippen molar-refractivity contribution in [1.82, 2.24) is 10.2 Å². The third kappa shape index (κ3) is 4.18. The molecule has 128 valence electrons. The van der Waals surface area contributed by atoms with Crippen molar-refractivity contribution in [1.29, 1.82) is 0 Å². The minimum atomic E-state index is -3.17. The molecule has 1 fully saturated rings. The summed E-state index contributed by atoms with van der Waals surface area (Å²) in [5.74, 6) is -6.90. The molecule has 1 aliphatic rings. The normalized spacial score (nSPS) is 16.9. The van der Waals surface area contributed by atoms with Gasteiger partial charge in [0.25, 0.3) is 6.43 Å². The van der Waals surface area contributed by atoms with Crippen molar-refractivity contribution in [3.8, 4) is 0 Å². The Balaban J connectivity index is 0.00000220. The van der Waals surface area contributed by atoms with Crippen LogP contribution in [0.2, 0.25) is 0 Å². The third-order valence-electron chi connectivity index (χ3n) is 3.23. The summed E-state index contributed by atoms with van der Waals surface area (Å²) in [7, 11) is 0. The number of nitrogens with one attached hydrogen (secondary N) is 1. The average Bonchev–Trinajstić information content (AvgIpc) is 2.42. The van der Waals surface area contributed by atoms with Crippen LogP contribution in [-0.4, -0.2) is 37.5 Å². The Morgan fingerprint density at radius 3 is 1.77 bits per heavy atom. The fourth-order valence-electron chi connectivity index (χ4n) is 2.28. The third-order valence-corrected chi connectivity index (χ3v) is 3.23. The molecule has 2 nitrogen and oxygen atoms in total. The standard InChI is InChI=1S/C12H12F6N2.2ClH/c13-6-5-7(14)10(16)8(9(6)15)11(12(17)18)20-3-1-19-2-4-20;;/h5,11-12,19H,1-4H2;2*1H/t11-;;/m0../s1. The van der Waals surface area contributed by atoms with Gasteiger partial charge < -0.3 is 5.32 Å². The monoisotopic (exact) mass is 370 g/mol. The van der Waals surface area contributed by atoms with Gasteiger partial charge in [-0.15, -0.1) is 24.8 Å². The maximum absolute atomic E-state index is 13.7. The van der Waals surface area contributed by atoms with Gasteiger partial charge in [0.1, 0.15) is 6.04 Å². The molecule has 0 aromatic heterocycles. The first-order valence-electron chi connectivity index (χ1n) is 5.99. The zero-order valence-corrected chi connectivity index (χ0v) is 12.7. The van der Waals surface area contributed by atoms with E-state index in [1.165, 1.54) is 0 Å². The van der Waals surface area contributed by atoms with Crippen molar-refractivity contribution in [2.45, 2.75) is 12.5 Å². The molecule has 1 heterocycles. The number of piperazine rings is 1. The zero-order chi connectivity index (χ0) is 14.9. The molecular weight excluding hydrogens is 357 g/mol. The zero-order valence-electron chi connectivity index (χ0n) is 11.1. The number of nitrogens with zero attached hydrogens (tertiary/aromatic N) is 1. The largest absolute Gasteiger partial charge is 0.314 e. The Labute approximate surface area is 135 Å². The molecule has 1 atom stereocenters. The lowest BCUT2D eigenvalue weighted by Crippen LogP contribution is -2.47. The Kier molecular flexibility index (Phi) is 8.53. The molecule has 22 heavy (non-hydrogen) atoms. The lowest BCUT2D eigenvalue weighted by molar-refractivity contribution is 0.0138. The van der Waals surface area contributed by atoms with E-state index in [1.54, 1.807) is 0 Å². The van der Waals surface area contributed by atoms with Crippen LogP contribution in [0.1, 0.15) is 11.6 Å². The number of halogens is 8. The summed E-state index contributed by atoms with van der Waals surface area (Å²) in [5, 5.41) is 2.89. The predicted molar refractivity (Wildman–Crippen MR) is 74.0 cm³/mol. The summed E-state index contributed by atoms with van der Waals surface area (Å²) in [4.78, 5) is 1.11. The average molecular weight is 371 g/mol. The van der Waals surface area contributed by atoms with E-state index in [1.807, 2.05) is 0 Å². The summed E-state index contributed by atoms with van der Waals surface area (Å²) >= 11 is 0. The number of alkyl halides is 2. The van der Waals surface area contributed by atoms with E-state index in [9.17, 15) is 26.3 Å². The fourth-order valence-corrected chi connectivity index (χ4v) is 2.28. The van der Waals surface area contributed by atoms with Crippen molar-refractivity contribution in [3.63, 3.8) is 0 Å². The molecule has 1 N–H and O–H groups in total. The van der Waals surface area contributed by atoms with Gasteiger partial charge in [0.15, 0.2) is 23.3 Å². The number of hydrogen-bond acceptors (Lipinski definition) is 2. The molecule has 0 spiro atoms. The van der Waals surface area contributed by atoms with Gasteiger partial charge in [0, 0.05) is 32.2 Å². The Bertz CT molecular complexity index is 471. The van der Waals surface area contributed by atoms with E-state index in [4.69, 9.17) is 0 Å². The van der Waals surface area contributed by atoms with Gasteiger partial charge in [-0.3, -0.25) is 4.90 Å². The van der Waals surface area contributed by atoms with Gasteiger partial charge in [0.2, 0.25) is 0 Å². The molecule has 1 aliphatic heterocycles. The van der Waals surface area contributed by atoms with Crippen LogP contribution >= 0.6 is 24.8 Å². The lowest BCUT2D eigenvalue weighted by Gasteiger charge is -2.34.